The predicted octanol–water partition coefficient (Wildman–Crippen LogP) is 5.54. The number of thiol groups is 1. The number of aryl methyl sites for hydroxylation is 3. The molecule has 2 aliphatic heterocycles. The SMILES string of the molecule is COC1=Nc2c(C)cc(C3=C4CC4c4cc(C)c(S)cc4N3)cc2CC1. The van der Waals surface area contributed by atoms with E-state index in [9.17, 15) is 0 Å². The summed E-state index contributed by atoms with van der Waals surface area (Å²) in [4.78, 5) is 5.73. The number of methoxy groups -OCH3 is 1. The molecule has 0 spiro atoms. The van der Waals surface area contributed by atoms with Crippen molar-refractivity contribution in [3.63, 3.8) is 0 Å². The number of ether oxygens (including phenoxy) is 1. The van der Waals surface area contributed by atoms with Crippen LogP contribution in [0.2, 0.25) is 0 Å². The van der Waals surface area contributed by atoms with Crippen molar-refractivity contribution >= 4 is 35.6 Å². The Balaban J connectivity index is 1.57. The molecule has 3 nitrogen and oxygen atoms in total. The van der Waals surface area contributed by atoms with Gasteiger partial charge in [-0.3, -0.25) is 0 Å². The van der Waals surface area contributed by atoms with Crippen molar-refractivity contribution in [1.82, 2.24) is 0 Å². The molecule has 3 aliphatic rings. The second-order valence-electron chi connectivity index (χ2n) is 7.52. The molecule has 1 unspecified atom stereocenters. The molecule has 1 N–H and O–H groups in total. The molecule has 0 aromatic heterocycles. The molecule has 1 atom stereocenters. The normalized spacial score (nSPS) is 19.8. The van der Waals surface area contributed by atoms with E-state index in [1.807, 2.05) is 0 Å². The van der Waals surface area contributed by atoms with E-state index >= 15 is 0 Å². The second-order valence-corrected chi connectivity index (χ2v) is 8.00. The first kappa shape index (κ1) is 16.0. The summed E-state index contributed by atoms with van der Waals surface area (Å²) >= 11 is 4.61. The summed E-state index contributed by atoms with van der Waals surface area (Å²) in [5.41, 5.74) is 11.6. The molecule has 132 valence electrons. The van der Waals surface area contributed by atoms with Gasteiger partial charge in [-0.2, -0.15) is 0 Å². The van der Waals surface area contributed by atoms with Crippen molar-refractivity contribution < 1.29 is 4.74 Å². The van der Waals surface area contributed by atoms with Gasteiger partial charge in [0.15, 0.2) is 5.90 Å². The Morgan fingerprint density at radius 1 is 1.12 bits per heavy atom. The Morgan fingerprint density at radius 2 is 1.96 bits per heavy atom. The molecule has 1 aliphatic carbocycles. The lowest BCUT2D eigenvalue weighted by Crippen LogP contribution is -2.10. The fourth-order valence-corrected chi connectivity index (χ4v) is 4.43. The summed E-state index contributed by atoms with van der Waals surface area (Å²) < 4.78 is 5.35. The van der Waals surface area contributed by atoms with E-state index in [0.29, 0.717) is 5.92 Å². The topological polar surface area (TPSA) is 33.6 Å². The van der Waals surface area contributed by atoms with Crippen LogP contribution in [0.15, 0.2) is 39.7 Å². The molecule has 0 saturated heterocycles. The van der Waals surface area contributed by atoms with Crippen molar-refractivity contribution in [2.45, 2.75) is 43.9 Å². The Morgan fingerprint density at radius 3 is 2.77 bits per heavy atom. The minimum atomic E-state index is 0.573. The zero-order valence-electron chi connectivity index (χ0n) is 15.3. The van der Waals surface area contributed by atoms with Gasteiger partial charge >= 0.3 is 0 Å². The maximum absolute atomic E-state index is 5.35. The van der Waals surface area contributed by atoms with E-state index < -0.39 is 0 Å². The molecule has 1 saturated carbocycles. The van der Waals surface area contributed by atoms with Gasteiger partial charge in [-0.15, -0.1) is 12.6 Å². The van der Waals surface area contributed by atoms with Crippen LogP contribution in [-0.2, 0) is 11.2 Å². The summed E-state index contributed by atoms with van der Waals surface area (Å²) in [5.74, 6) is 1.40. The third-order valence-corrected chi connectivity index (χ3v) is 6.24. The number of nitrogens with zero attached hydrogens (tertiary/aromatic N) is 1. The van der Waals surface area contributed by atoms with Gasteiger partial charge in [0, 0.05) is 28.6 Å². The molecule has 1 fully saturated rings. The Labute approximate surface area is 159 Å². The van der Waals surface area contributed by atoms with E-state index in [0.717, 1.165) is 35.7 Å². The molecule has 2 heterocycles. The Hall–Kier alpha value is -2.20. The van der Waals surface area contributed by atoms with Gasteiger partial charge < -0.3 is 10.1 Å². The molecule has 26 heavy (non-hydrogen) atoms. The third-order valence-electron chi connectivity index (χ3n) is 5.76. The summed E-state index contributed by atoms with van der Waals surface area (Å²) in [6.07, 6.45) is 3.02. The minimum Gasteiger partial charge on any atom is -0.484 e. The van der Waals surface area contributed by atoms with Gasteiger partial charge in [0.25, 0.3) is 0 Å². The van der Waals surface area contributed by atoms with Crippen LogP contribution in [0.3, 0.4) is 0 Å². The van der Waals surface area contributed by atoms with Crippen LogP contribution in [0.4, 0.5) is 11.4 Å². The Bertz CT molecular complexity index is 1020. The molecule has 0 radical (unpaired) electrons. The number of hydrogen-bond acceptors (Lipinski definition) is 4. The van der Waals surface area contributed by atoms with Gasteiger partial charge in [0.2, 0.25) is 0 Å². The minimum absolute atomic E-state index is 0.573. The van der Waals surface area contributed by atoms with Gasteiger partial charge in [-0.1, -0.05) is 6.07 Å². The number of rotatable bonds is 1. The molecule has 2 aromatic rings. The first-order valence-electron chi connectivity index (χ1n) is 9.14. The standard InChI is InChI=1S/C22H22N2OS/c1-11-7-16-15-9-17(15)22(23-18(16)10-19(11)26)14-6-12(2)21-13(8-14)4-5-20(24-21)25-3/h6-8,10,15,23,26H,4-5,9H2,1-3H3. The molecular formula is C22H22N2OS. The van der Waals surface area contributed by atoms with Crippen LogP contribution < -0.4 is 5.32 Å². The lowest BCUT2D eigenvalue weighted by atomic mass is 9.94. The zero-order valence-corrected chi connectivity index (χ0v) is 16.2. The first-order chi connectivity index (χ1) is 12.5. The van der Waals surface area contributed by atoms with Gasteiger partial charge in [-0.25, -0.2) is 4.99 Å². The lowest BCUT2D eigenvalue weighted by Gasteiger charge is -2.23. The van der Waals surface area contributed by atoms with Crippen molar-refractivity contribution in [1.29, 1.82) is 0 Å². The summed E-state index contributed by atoms with van der Waals surface area (Å²) in [6.45, 7) is 4.28. The highest BCUT2D eigenvalue weighted by atomic mass is 32.1. The van der Waals surface area contributed by atoms with Gasteiger partial charge in [0.1, 0.15) is 0 Å². The van der Waals surface area contributed by atoms with Crippen LogP contribution in [-0.4, -0.2) is 13.0 Å². The van der Waals surface area contributed by atoms with E-state index in [4.69, 9.17) is 4.74 Å². The number of hydrogen-bond donors (Lipinski definition) is 2. The van der Waals surface area contributed by atoms with Gasteiger partial charge in [0.05, 0.1) is 12.8 Å². The smallest absolute Gasteiger partial charge is 0.188 e. The van der Waals surface area contributed by atoms with E-state index in [2.05, 4.69) is 61.1 Å². The molecule has 4 heteroatoms. The van der Waals surface area contributed by atoms with Crippen molar-refractivity contribution in [2.24, 2.45) is 4.99 Å². The molecule has 5 rings (SSSR count). The number of nitrogens with one attached hydrogen (secondary N) is 1. The molecule has 2 aromatic carbocycles. The average molecular weight is 362 g/mol. The highest BCUT2D eigenvalue weighted by molar-refractivity contribution is 7.80. The highest BCUT2D eigenvalue weighted by Crippen LogP contribution is 2.57. The van der Waals surface area contributed by atoms with Crippen molar-refractivity contribution in [3.8, 4) is 0 Å². The Kier molecular flexibility index (Phi) is 3.48. The number of anilines is 1. The largest absolute Gasteiger partial charge is 0.484 e. The van der Waals surface area contributed by atoms with Crippen LogP contribution in [0, 0.1) is 13.8 Å². The summed E-state index contributed by atoms with van der Waals surface area (Å²) in [7, 11) is 1.70. The van der Waals surface area contributed by atoms with Gasteiger partial charge in [-0.05, 0) is 78.3 Å². The van der Waals surface area contributed by atoms with Crippen LogP contribution in [0.25, 0.3) is 5.70 Å². The fraction of sp³-hybridized carbons (Fsp3) is 0.318. The number of fused-ring (bicyclic) bond motifs is 4. The quantitative estimate of drug-likeness (QED) is 0.653. The lowest BCUT2D eigenvalue weighted by molar-refractivity contribution is 0.388. The van der Waals surface area contributed by atoms with Crippen LogP contribution in [0.5, 0.6) is 0 Å². The molecule has 0 amide bonds. The van der Waals surface area contributed by atoms with Crippen molar-refractivity contribution in [2.75, 3.05) is 12.4 Å². The fourth-order valence-electron chi connectivity index (χ4n) is 4.24. The number of benzene rings is 2. The summed E-state index contributed by atoms with van der Waals surface area (Å²) in [6, 6.07) is 9.03. The summed E-state index contributed by atoms with van der Waals surface area (Å²) in [5, 5.41) is 3.70. The highest BCUT2D eigenvalue weighted by Gasteiger charge is 2.40. The van der Waals surface area contributed by atoms with E-state index in [1.165, 1.54) is 44.8 Å². The maximum Gasteiger partial charge on any atom is 0.188 e. The number of allylic oxidation sites excluding steroid dienone is 1. The predicted molar refractivity (Wildman–Crippen MR) is 110 cm³/mol. The first-order valence-corrected chi connectivity index (χ1v) is 9.59. The van der Waals surface area contributed by atoms with Crippen LogP contribution in [0.1, 0.15) is 46.6 Å². The maximum atomic E-state index is 5.35. The zero-order chi connectivity index (χ0) is 18.0. The molecule has 0 bridgehead atoms. The third kappa shape index (κ3) is 2.39. The average Bonchev–Trinajstić information content (AvgIpc) is 3.43. The van der Waals surface area contributed by atoms with Crippen molar-refractivity contribution in [3.05, 3.63) is 57.7 Å². The molecular weight excluding hydrogens is 340 g/mol. The second kappa shape index (κ2) is 5.65. The monoisotopic (exact) mass is 362 g/mol. The van der Waals surface area contributed by atoms with Crippen LogP contribution >= 0.6 is 12.6 Å². The van der Waals surface area contributed by atoms with E-state index in [-0.39, 0.29) is 0 Å². The van der Waals surface area contributed by atoms with E-state index in [1.54, 1.807) is 7.11 Å². The number of aliphatic imine (C=N–C) groups is 1.